The van der Waals surface area contributed by atoms with E-state index >= 15 is 0 Å². The van der Waals surface area contributed by atoms with E-state index in [9.17, 15) is 28.8 Å². The van der Waals surface area contributed by atoms with Crippen LogP contribution in [-0.4, -0.2) is 92.2 Å². The third-order valence-corrected chi connectivity index (χ3v) is 7.29. The summed E-state index contributed by atoms with van der Waals surface area (Å²) < 4.78 is 0. The number of carbonyl (C=O) groups excluding carboxylic acids is 6. The second-order valence-electron chi connectivity index (χ2n) is 10.9. The maximum Gasteiger partial charge on any atom is 0.231 e. The first-order valence-corrected chi connectivity index (χ1v) is 15.8. The molecule has 6 amide bonds. The lowest BCUT2D eigenvalue weighted by Gasteiger charge is -2.14. The van der Waals surface area contributed by atoms with Gasteiger partial charge in [0.2, 0.25) is 35.4 Å². The average Bonchev–Trinajstić information content (AvgIpc) is 3.47. The van der Waals surface area contributed by atoms with Gasteiger partial charge in [-0.2, -0.15) is 0 Å². The van der Waals surface area contributed by atoms with Crippen molar-refractivity contribution in [3.05, 3.63) is 0 Å². The molecular formula is C30H54N6O6. The minimum Gasteiger partial charge on any atom is -0.356 e. The van der Waals surface area contributed by atoms with Crippen LogP contribution in [0, 0.1) is 0 Å². The van der Waals surface area contributed by atoms with Crippen LogP contribution in [0.2, 0.25) is 0 Å². The van der Waals surface area contributed by atoms with Gasteiger partial charge in [-0.25, -0.2) is 0 Å². The van der Waals surface area contributed by atoms with Crippen LogP contribution in [0.15, 0.2) is 0 Å². The molecule has 2 saturated heterocycles. The summed E-state index contributed by atoms with van der Waals surface area (Å²) in [6.45, 7) is 3.01. The first kappa shape index (κ1) is 37.2. The fourth-order valence-electron chi connectivity index (χ4n) is 4.71. The Kier molecular flexibility index (Phi) is 20.9. The second-order valence-corrected chi connectivity index (χ2v) is 10.9. The van der Waals surface area contributed by atoms with Gasteiger partial charge >= 0.3 is 0 Å². The van der Waals surface area contributed by atoms with E-state index in [0.717, 1.165) is 50.1 Å². The molecule has 12 heteroatoms. The number of likely N-dealkylation sites (tertiary alicyclic amines) is 2. The number of carbonyl (C=O) groups is 6. The molecule has 0 aromatic carbocycles. The molecule has 240 valence electrons. The predicted molar refractivity (Wildman–Crippen MR) is 161 cm³/mol. The fraction of sp³-hybridized carbons (Fsp3) is 0.800. The molecule has 42 heavy (non-hydrogen) atoms. The summed E-state index contributed by atoms with van der Waals surface area (Å²) in [7, 11) is 3.81. The smallest absolute Gasteiger partial charge is 0.231 e. The highest BCUT2D eigenvalue weighted by molar-refractivity contribution is 6.02. The second kappa shape index (κ2) is 23.7. The first-order chi connectivity index (χ1) is 20.3. The van der Waals surface area contributed by atoms with E-state index in [-0.39, 0.29) is 55.0 Å². The average molecular weight is 595 g/mol. The summed E-state index contributed by atoms with van der Waals surface area (Å²) in [5.41, 5.74) is 0. The lowest BCUT2D eigenvalue weighted by Crippen LogP contribution is -2.40. The van der Waals surface area contributed by atoms with E-state index in [1.54, 1.807) is 0 Å². The van der Waals surface area contributed by atoms with Crippen molar-refractivity contribution in [2.45, 2.75) is 109 Å². The summed E-state index contributed by atoms with van der Waals surface area (Å²) in [5.74, 6) is -0.553. The first-order valence-electron chi connectivity index (χ1n) is 15.8. The molecule has 2 rings (SSSR count). The summed E-state index contributed by atoms with van der Waals surface area (Å²) in [6.07, 6.45) is 14.3. The van der Waals surface area contributed by atoms with Crippen molar-refractivity contribution >= 4 is 35.4 Å². The molecule has 2 fully saturated rings. The Balaban J connectivity index is 0.000000470. The van der Waals surface area contributed by atoms with Crippen molar-refractivity contribution in [1.29, 1.82) is 0 Å². The quantitative estimate of drug-likeness (QED) is 0.109. The van der Waals surface area contributed by atoms with Crippen molar-refractivity contribution in [2.75, 3.05) is 46.9 Å². The molecule has 0 unspecified atom stereocenters. The van der Waals surface area contributed by atoms with E-state index in [4.69, 9.17) is 0 Å². The van der Waals surface area contributed by atoms with Crippen LogP contribution in [0.25, 0.3) is 0 Å². The molecule has 2 aliphatic heterocycles. The molecule has 4 N–H and O–H groups in total. The SMILES string of the molecule is CNCCCC(=O)NCN1C(=O)CCC1=O.CNCCCCCCCCCCC(=O)NCCCCN1C(=O)CCC1=O. The predicted octanol–water partition coefficient (Wildman–Crippen LogP) is 1.97. The molecule has 0 aliphatic carbocycles. The Morgan fingerprint density at radius 1 is 0.524 bits per heavy atom. The normalized spacial score (nSPS) is 14.8. The fourth-order valence-corrected chi connectivity index (χ4v) is 4.71. The van der Waals surface area contributed by atoms with Gasteiger partial charge in [-0.3, -0.25) is 38.6 Å². The van der Waals surface area contributed by atoms with Gasteiger partial charge in [0.05, 0.1) is 0 Å². The zero-order valence-electron chi connectivity index (χ0n) is 25.9. The highest BCUT2D eigenvalue weighted by atomic mass is 16.2. The molecule has 2 heterocycles. The maximum absolute atomic E-state index is 11.8. The van der Waals surface area contributed by atoms with Crippen LogP contribution in [0.5, 0.6) is 0 Å². The molecule has 0 saturated carbocycles. The van der Waals surface area contributed by atoms with Gasteiger partial charge in [0.15, 0.2) is 0 Å². The minimum atomic E-state index is -0.208. The summed E-state index contributed by atoms with van der Waals surface area (Å²) in [6, 6.07) is 0. The van der Waals surface area contributed by atoms with Gasteiger partial charge in [-0.15, -0.1) is 0 Å². The number of amides is 6. The number of imide groups is 2. The minimum absolute atomic E-state index is 0.00997. The van der Waals surface area contributed by atoms with Crippen LogP contribution in [0.3, 0.4) is 0 Å². The van der Waals surface area contributed by atoms with Gasteiger partial charge in [-0.1, -0.05) is 38.5 Å². The molecule has 0 aromatic heterocycles. The highest BCUT2D eigenvalue weighted by Gasteiger charge is 2.29. The number of nitrogens with zero attached hydrogens (tertiary/aromatic N) is 2. The van der Waals surface area contributed by atoms with Crippen LogP contribution >= 0.6 is 0 Å². The van der Waals surface area contributed by atoms with Crippen LogP contribution in [-0.2, 0) is 28.8 Å². The Morgan fingerprint density at radius 2 is 0.952 bits per heavy atom. The number of nitrogens with one attached hydrogen (secondary N) is 4. The van der Waals surface area contributed by atoms with Gasteiger partial charge in [0, 0.05) is 51.6 Å². The third kappa shape index (κ3) is 17.2. The molecule has 0 spiro atoms. The Morgan fingerprint density at radius 3 is 1.52 bits per heavy atom. The lowest BCUT2D eigenvalue weighted by molar-refractivity contribution is -0.140. The van der Waals surface area contributed by atoms with Gasteiger partial charge in [-0.05, 0) is 59.3 Å². The van der Waals surface area contributed by atoms with Crippen molar-refractivity contribution in [2.24, 2.45) is 0 Å². The Hall–Kier alpha value is -2.86. The molecular weight excluding hydrogens is 540 g/mol. The number of rotatable bonds is 22. The van der Waals surface area contributed by atoms with E-state index in [1.165, 1.54) is 43.4 Å². The zero-order valence-corrected chi connectivity index (χ0v) is 25.9. The monoisotopic (exact) mass is 594 g/mol. The van der Waals surface area contributed by atoms with Crippen molar-refractivity contribution < 1.29 is 28.8 Å². The number of hydrogen-bond donors (Lipinski definition) is 4. The number of unbranched alkanes of at least 4 members (excludes halogenated alkanes) is 8. The van der Waals surface area contributed by atoms with Gasteiger partial charge in [0.25, 0.3) is 0 Å². The molecule has 0 radical (unpaired) electrons. The summed E-state index contributed by atoms with van der Waals surface area (Å²) in [5, 5.41) is 11.6. The largest absolute Gasteiger partial charge is 0.356 e. The number of hydrogen-bond acceptors (Lipinski definition) is 8. The lowest BCUT2D eigenvalue weighted by atomic mass is 10.1. The van der Waals surface area contributed by atoms with E-state index in [1.807, 2.05) is 14.1 Å². The highest BCUT2D eigenvalue weighted by Crippen LogP contribution is 2.13. The van der Waals surface area contributed by atoms with E-state index in [2.05, 4.69) is 21.3 Å². The topological polar surface area (TPSA) is 157 Å². The van der Waals surface area contributed by atoms with Crippen LogP contribution < -0.4 is 21.3 Å². The standard InChI is InChI=1S/C20H37N3O3.C10H17N3O3/c1-21-15-9-7-5-3-2-4-6-8-12-18(24)22-16-10-11-17-23-19(25)13-14-20(23)26;1-11-6-2-3-8(14)12-7-13-9(15)4-5-10(13)16/h21H,2-17H2,1H3,(H,22,24);11H,2-7H2,1H3,(H,12,14). The van der Waals surface area contributed by atoms with Crippen LogP contribution in [0.1, 0.15) is 109 Å². The van der Waals surface area contributed by atoms with Gasteiger partial charge in [0.1, 0.15) is 6.67 Å². The van der Waals surface area contributed by atoms with E-state index in [0.29, 0.717) is 38.8 Å². The molecule has 2 aliphatic rings. The maximum atomic E-state index is 11.8. The van der Waals surface area contributed by atoms with Crippen LogP contribution in [0.4, 0.5) is 0 Å². The van der Waals surface area contributed by atoms with Crippen molar-refractivity contribution in [3.8, 4) is 0 Å². The Bertz CT molecular complexity index is 820. The Labute approximate surface area is 251 Å². The molecule has 0 atom stereocenters. The van der Waals surface area contributed by atoms with Crippen molar-refractivity contribution in [1.82, 2.24) is 31.1 Å². The van der Waals surface area contributed by atoms with E-state index < -0.39 is 0 Å². The zero-order chi connectivity index (χ0) is 31.0. The molecule has 0 aromatic rings. The molecule has 0 bridgehead atoms. The third-order valence-electron chi connectivity index (χ3n) is 7.29. The van der Waals surface area contributed by atoms with Crippen molar-refractivity contribution in [3.63, 3.8) is 0 Å². The summed E-state index contributed by atoms with van der Waals surface area (Å²) >= 11 is 0. The van der Waals surface area contributed by atoms with Gasteiger partial charge < -0.3 is 21.3 Å². The summed E-state index contributed by atoms with van der Waals surface area (Å²) in [4.78, 5) is 70.8. The molecule has 12 nitrogen and oxygen atoms in total.